The number of aromatic nitrogens is 3. The Kier molecular flexibility index (Phi) is 6.46. The first kappa shape index (κ1) is 18.7. The van der Waals surface area contributed by atoms with Crippen LogP contribution in [0.2, 0.25) is 5.28 Å². The molecule has 7 nitrogen and oxygen atoms in total. The summed E-state index contributed by atoms with van der Waals surface area (Å²) in [5.41, 5.74) is 1.22. The van der Waals surface area contributed by atoms with E-state index in [1.165, 1.54) is 5.56 Å². The van der Waals surface area contributed by atoms with Crippen LogP contribution in [0.25, 0.3) is 0 Å². The summed E-state index contributed by atoms with van der Waals surface area (Å²) < 4.78 is 5.29. The number of piperidine rings is 1. The van der Waals surface area contributed by atoms with E-state index in [2.05, 4.69) is 37.5 Å². The van der Waals surface area contributed by atoms with Crippen LogP contribution in [-0.4, -0.2) is 52.2 Å². The van der Waals surface area contributed by atoms with Crippen LogP contribution in [0.4, 0.5) is 0 Å². The number of aromatic amines is 1. The van der Waals surface area contributed by atoms with Gasteiger partial charge in [-0.2, -0.15) is 0 Å². The maximum Gasteiger partial charge on any atom is 0.242 e. The summed E-state index contributed by atoms with van der Waals surface area (Å²) in [6, 6.07) is 8.30. The molecule has 1 saturated heterocycles. The largest absolute Gasteiger partial charge is 0.497 e. The molecule has 3 rings (SSSR count). The summed E-state index contributed by atoms with van der Waals surface area (Å²) >= 11 is 5.67. The third kappa shape index (κ3) is 5.44. The summed E-state index contributed by atoms with van der Waals surface area (Å²) in [5.74, 6) is 1.54. The molecule has 2 aromatic rings. The quantitative estimate of drug-likeness (QED) is 0.772. The number of aryl methyl sites for hydroxylation is 1. The van der Waals surface area contributed by atoms with Gasteiger partial charge >= 0.3 is 0 Å². The number of hydrogen-bond acceptors (Lipinski definition) is 5. The number of halogens is 1. The number of amides is 1. The zero-order chi connectivity index (χ0) is 18.4. The fraction of sp³-hybridized carbons (Fsp3) is 0.500. The summed E-state index contributed by atoms with van der Waals surface area (Å²) in [6.45, 7) is 2.76. The summed E-state index contributed by atoms with van der Waals surface area (Å²) in [7, 11) is 1.68. The highest BCUT2D eigenvalue weighted by atomic mass is 35.5. The first-order chi connectivity index (χ1) is 12.6. The molecule has 1 amide bonds. The molecule has 0 aliphatic carbocycles. The lowest BCUT2D eigenvalue weighted by molar-refractivity contribution is -0.122. The van der Waals surface area contributed by atoms with Gasteiger partial charge in [0.1, 0.15) is 11.6 Å². The van der Waals surface area contributed by atoms with Crippen LogP contribution < -0.4 is 10.1 Å². The van der Waals surface area contributed by atoms with Crippen LogP contribution in [0.5, 0.6) is 5.75 Å². The van der Waals surface area contributed by atoms with E-state index in [0.29, 0.717) is 18.7 Å². The second-order valence-corrected chi connectivity index (χ2v) is 6.88. The van der Waals surface area contributed by atoms with Crippen molar-refractivity contribution in [3.8, 4) is 5.75 Å². The average Bonchev–Trinajstić information content (AvgIpc) is 3.06. The van der Waals surface area contributed by atoms with Gasteiger partial charge in [0.15, 0.2) is 0 Å². The van der Waals surface area contributed by atoms with E-state index < -0.39 is 0 Å². The van der Waals surface area contributed by atoms with Crippen LogP contribution in [0, 0.1) is 0 Å². The number of methoxy groups -OCH3 is 1. The highest BCUT2D eigenvalue weighted by Crippen LogP contribution is 2.17. The van der Waals surface area contributed by atoms with Gasteiger partial charge in [-0.1, -0.05) is 12.1 Å². The number of ether oxygens (including phenoxy) is 1. The van der Waals surface area contributed by atoms with Gasteiger partial charge in [0.25, 0.3) is 0 Å². The van der Waals surface area contributed by atoms with Crippen LogP contribution in [0.3, 0.4) is 0 Å². The molecule has 1 atom stereocenters. The summed E-state index contributed by atoms with van der Waals surface area (Å²) in [4.78, 5) is 18.6. The molecule has 8 heteroatoms. The predicted molar refractivity (Wildman–Crippen MR) is 99.1 cm³/mol. The molecule has 140 valence electrons. The highest BCUT2D eigenvalue weighted by Gasteiger charge is 2.21. The minimum atomic E-state index is 0.0331. The lowest BCUT2D eigenvalue weighted by Crippen LogP contribution is -2.47. The number of carbonyl (C=O) groups excluding carboxylic acids is 1. The van der Waals surface area contributed by atoms with Gasteiger partial charge in [-0.3, -0.25) is 14.8 Å². The molecule has 2 heterocycles. The van der Waals surface area contributed by atoms with Gasteiger partial charge in [-0.15, -0.1) is 5.10 Å². The van der Waals surface area contributed by atoms with Crippen molar-refractivity contribution < 1.29 is 9.53 Å². The number of likely N-dealkylation sites (tertiary alicyclic amines) is 1. The maximum atomic E-state index is 12.2. The Bertz CT molecular complexity index is 736. The van der Waals surface area contributed by atoms with E-state index in [-0.39, 0.29) is 17.2 Å². The number of H-pyrrole nitrogens is 1. The number of hydrogen-bond donors (Lipinski definition) is 2. The molecule has 0 saturated carbocycles. The van der Waals surface area contributed by atoms with Gasteiger partial charge in [0, 0.05) is 32.0 Å². The molecule has 0 radical (unpaired) electrons. The molecule has 1 aromatic carbocycles. The number of benzene rings is 1. The van der Waals surface area contributed by atoms with Crippen LogP contribution in [0.15, 0.2) is 24.3 Å². The van der Waals surface area contributed by atoms with Gasteiger partial charge in [-0.25, -0.2) is 4.98 Å². The highest BCUT2D eigenvalue weighted by molar-refractivity contribution is 6.28. The van der Waals surface area contributed by atoms with E-state index in [9.17, 15) is 4.79 Å². The Labute approximate surface area is 158 Å². The average molecular weight is 378 g/mol. The monoisotopic (exact) mass is 377 g/mol. The number of carbonyl (C=O) groups is 1. The van der Waals surface area contributed by atoms with E-state index in [4.69, 9.17) is 16.3 Å². The van der Waals surface area contributed by atoms with Crippen molar-refractivity contribution in [1.82, 2.24) is 25.4 Å². The van der Waals surface area contributed by atoms with Gasteiger partial charge in [-0.05, 0) is 48.7 Å². The number of nitrogens with one attached hydrogen (secondary N) is 2. The molecule has 1 aliphatic heterocycles. The third-order valence-corrected chi connectivity index (χ3v) is 4.67. The maximum absolute atomic E-state index is 12.2. The summed E-state index contributed by atoms with van der Waals surface area (Å²) in [5, 5.41) is 9.79. The Morgan fingerprint density at radius 1 is 1.50 bits per heavy atom. The van der Waals surface area contributed by atoms with E-state index >= 15 is 0 Å². The Morgan fingerprint density at radius 2 is 2.38 bits per heavy atom. The second kappa shape index (κ2) is 9.00. The molecule has 1 unspecified atom stereocenters. The molecule has 0 bridgehead atoms. The smallest absolute Gasteiger partial charge is 0.242 e. The van der Waals surface area contributed by atoms with E-state index in [1.54, 1.807) is 7.11 Å². The van der Waals surface area contributed by atoms with Crippen LogP contribution >= 0.6 is 11.6 Å². The molecule has 1 fully saturated rings. The first-order valence-corrected chi connectivity index (χ1v) is 9.21. The SMILES string of the molecule is COc1cccc(CN2CCCC(NC(=O)CCc3nc(Cl)n[nH]3)C2)c1. The van der Waals surface area contributed by atoms with Crippen molar-refractivity contribution in [1.29, 1.82) is 0 Å². The zero-order valence-corrected chi connectivity index (χ0v) is 15.6. The first-order valence-electron chi connectivity index (χ1n) is 8.84. The fourth-order valence-electron chi connectivity index (χ4n) is 3.26. The Hall–Kier alpha value is -2.12. The predicted octanol–water partition coefficient (Wildman–Crippen LogP) is 2.18. The van der Waals surface area contributed by atoms with Crippen molar-refractivity contribution in [3.63, 3.8) is 0 Å². The van der Waals surface area contributed by atoms with Crippen molar-refractivity contribution in [2.75, 3.05) is 20.2 Å². The molecule has 26 heavy (non-hydrogen) atoms. The van der Waals surface area contributed by atoms with Crippen molar-refractivity contribution in [2.45, 2.75) is 38.3 Å². The van der Waals surface area contributed by atoms with Crippen LogP contribution in [0.1, 0.15) is 30.7 Å². The second-order valence-electron chi connectivity index (χ2n) is 6.54. The zero-order valence-electron chi connectivity index (χ0n) is 14.9. The lowest BCUT2D eigenvalue weighted by atomic mass is 10.0. The van der Waals surface area contributed by atoms with Crippen LogP contribution in [-0.2, 0) is 17.8 Å². The molecular weight excluding hydrogens is 354 g/mol. The third-order valence-electron chi connectivity index (χ3n) is 4.50. The van der Waals surface area contributed by atoms with Gasteiger partial charge in [0.05, 0.1) is 7.11 Å². The van der Waals surface area contributed by atoms with Gasteiger partial charge in [0.2, 0.25) is 11.2 Å². The minimum absolute atomic E-state index is 0.0331. The lowest BCUT2D eigenvalue weighted by Gasteiger charge is -2.33. The molecule has 1 aliphatic rings. The topological polar surface area (TPSA) is 83.1 Å². The number of nitrogens with zero attached hydrogens (tertiary/aromatic N) is 3. The molecule has 0 spiro atoms. The van der Waals surface area contributed by atoms with Gasteiger partial charge < -0.3 is 10.1 Å². The molecule has 1 aromatic heterocycles. The fourth-order valence-corrected chi connectivity index (χ4v) is 3.41. The Balaban J connectivity index is 1.46. The van der Waals surface area contributed by atoms with Crippen molar-refractivity contribution >= 4 is 17.5 Å². The van der Waals surface area contributed by atoms with Crippen molar-refractivity contribution in [2.24, 2.45) is 0 Å². The normalized spacial score (nSPS) is 17.8. The summed E-state index contributed by atoms with van der Waals surface area (Å²) in [6.07, 6.45) is 2.96. The number of rotatable bonds is 7. The molecular formula is C18H24ClN5O2. The standard InChI is InChI=1S/C18H24ClN5O2/c1-26-15-6-2-4-13(10-15)11-24-9-3-5-14(12-24)20-17(25)8-7-16-21-18(19)23-22-16/h2,4,6,10,14H,3,5,7-9,11-12H2,1H3,(H,20,25)(H,21,22,23). The Morgan fingerprint density at radius 3 is 3.15 bits per heavy atom. The molecule has 2 N–H and O–H groups in total. The van der Waals surface area contributed by atoms with Crippen molar-refractivity contribution in [3.05, 3.63) is 40.9 Å². The minimum Gasteiger partial charge on any atom is -0.497 e. The van der Waals surface area contributed by atoms with E-state index in [0.717, 1.165) is 38.2 Å². The van der Waals surface area contributed by atoms with E-state index in [1.807, 2.05) is 12.1 Å².